The van der Waals surface area contributed by atoms with Crippen LogP contribution in [-0.4, -0.2) is 177 Å². The summed E-state index contributed by atoms with van der Waals surface area (Å²) < 4.78 is 41.1. The molecule has 16 heteroatoms. The molecule has 362 valence electrons. The normalized spacial score (nSPS) is 13.0. The summed E-state index contributed by atoms with van der Waals surface area (Å²) in [6.45, 7) is 14.2. The second kappa shape index (κ2) is 44.0. The van der Waals surface area contributed by atoms with Crippen LogP contribution in [0.3, 0.4) is 0 Å². The van der Waals surface area contributed by atoms with Gasteiger partial charge in [-0.1, -0.05) is 38.5 Å². The average Bonchev–Trinajstić information content (AvgIpc) is 3.26. The number of allylic oxidation sites excluding steroid dienone is 3. The van der Waals surface area contributed by atoms with Gasteiger partial charge in [0.25, 0.3) is 0 Å². The van der Waals surface area contributed by atoms with Gasteiger partial charge in [-0.3, -0.25) is 19.2 Å². The number of ether oxygens (including phenoxy) is 8. The van der Waals surface area contributed by atoms with E-state index < -0.39 is 0 Å². The summed E-state index contributed by atoms with van der Waals surface area (Å²) in [5, 5.41) is 0.472. The molecule has 0 aromatic carbocycles. The fourth-order valence-electron chi connectivity index (χ4n) is 6.23. The third-order valence-corrected chi connectivity index (χ3v) is 12.4. The van der Waals surface area contributed by atoms with Crippen LogP contribution in [-0.2, 0) is 57.1 Å². The topological polar surface area (TPSA) is 149 Å². The van der Waals surface area contributed by atoms with Crippen LogP contribution in [0.5, 0.6) is 0 Å². The third-order valence-electron chi connectivity index (χ3n) is 10.0. The molecule has 3 unspecified atom stereocenters. The summed E-state index contributed by atoms with van der Waals surface area (Å²) in [4.78, 5) is 53.9. The first-order valence-corrected chi connectivity index (χ1v) is 24.8. The molecule has 0 aliphatic carbocycles. The first-order valence-electron chi connectivity index (χ1n) is 22.6. The van der Waals surface area contributed by atoms with Crippen LogP contribution in [0.1, 0.15) is 90.9 Å². The average molecular weight is 921 g/mol. The van der Waals surface area contributed by atoms with E-state index in [1.807, 2.05) is 29.6 Å². The highest BCUT2D eigenvalue weighted by Crippen LogP contribution is 2.30. The fraction of sp³-hybridized carbons (Fsp3) is 0.826. The quantitative estimate of drug-likeness (QED) is 0.0270. The molecule has 0 saturated carbocycles. The van der Waals surface area contributed by atoms with Crippen molar-refractivity contribution in [3.8, 4) is 0 Å². The van der Waals surface area contributed by atoms with Crippen molar-refractivity contribution in [1.82, 2.24) is 9.80 Å². The predicted octanol–water partition coefficient (Wildman–Crippen LogP) is 6.88. The molecule has 0 aliphatic heterocycles. The number of carbonyl (C=O) groups is 4. The van der Waals surface area contributed by atoms with E-state index in [-0.39, 0.29) is 76.0 Å². The highest BCUT2D eigenvalue weighted by molar-refractivity contribution is 8.00. The molecule has 0 aromatic heterocycles. The summed E-state index contributed by atoms with van der Waals surface area (Å²) in [5.74, 6) is 2.69. The van der Waals surface area contributed by atoms with Gasteiger partial charge in [-0.05, 0) is 62.5 Å². The maximum Gasteiger partial charge on any atom is 0.307 e. The molecule has 3 atom stereocenters. The molecular formula is C46H84N2O12S2. The summed E-state index contributed by atoms with van der Waals surface area (Å²) in [6, 6.07) is 0. The van der Waals surface area contributed by atoms with Gasteiger partial charge in [0.2, 0.25) is 0 Å². The van der Waals surface area contributed by atoms with Crippen LogP contribution < -0.4 is 0 Å². The molecular weight excluding hydrogens is 837 g/mol. The minimum Gasteiger partial charge on any atom is -0.463 e. The molecule has 0 bridgehead atoms. The van der Waals surface area contributed by atoms with Crippen LogP contribution in [0.4, 0.5) is 0 Å². The van der Waals surface area contributed by atoms with Gasteiger partial charge in [-0.25, -0.2) is 0 Å². The van der Waals surface area contributed by atoms with Gasteiger partial charge < -0.3 is 47.7 Å². The fourth-order valence-corrected chi connectivity index (χ4v) is 8.76. The van der Waals surface area contributed by atoms with Crippen molar-refractivity contribution < 1.29 is 57.1 Å². The molecule has 0 rings (SSSR count). The lowest BCUT2D eigenvalue weighted by Gasteiger charge is -2.26. The Morgan fingerprint density at radius 3 is 1.44 bits per heavy atom. The van der Waals surface area contributed by atoms with Crippen LogP contribution >= 0.6 is 23.5 Å². The van der Waals surface area contributed by atoms with Gasteiger partial charge >= 0.3 is 23.9 Å². The summed E-state index contributed by atoms with van der Waals surface area (Å²) in [6.07, 6.45) is 16.3. The first-order chi connectivity index (χ1) is 30.1. The van der Waals surface area contributed by atoms with E-state index in [0.717, 1.165) is 81.7 Å². The number of carbonyl (C=O) groups excluding carboxylic acids is 4. The Hall–Kier alpha value is -2.18. The monoisotopic (exact) mass is 921 g/mol. The predicted molar refractivity (Wildman–Crippen MR) is 251 cm³/mol. The van der Waals surface area contributed by atoms with Crippen molar-refractivity contribution in [2.75, 3.05) is 138 Å². The van der Waals surface area contributed by atoms with Crippen LogP contribution in [0.25, 0.3) is 0 Å². The first kappa shape index (κ1) is 59.8. The lowest BCUT2D eigenvalue weighted by atomic mass is 9.92. The Bertz CT molecular complexity index is 1100. The Kier molecular flexibility index (Phi) is 42.5. The molecule has 0 aliphatic rings. The van der Waals surface area contributed by atoms with E-state index in [1.54, 1.807) is 28.4 Å². The van der Waals surface area contributed by atoms with Crippen molar-refractivity contribution in [2.24, 2.45) is 11.8 Å². The largest absolute Gasteiger partial charge is 0.463 e. The summed E-state index contributed by atoms with van der Waals surface area (Å²) in [7, 11) is 6.27. The van der Waals surface area contributed by atoms with E-state index in [4.69, 9.17) is 37.9 Å². The zero-order valence-corrected chi connectivity index (χ0v) is 40.9. The number of hydrogen-bond acceptors (Lipinski definition) is 16. The molecule has 0 aromatic rings. The van der Waals surface area contributed by atoms with Crippen molar-refractivity contribution in [2.45, 2.75) is 96.1 Å². The maximum atomic E-state index is 12.4. The number of nitrogens with zero attached hydrogens (tertiary/aromatic N) is 2. The Morgan fingerprint density at radius 1 is 0.565 bits per heavy atom. The Labute approximate surface area is 383 Å². The molecule has 0 spiro atoms. The van der Waals surface area contributed by atoms with Crippen molar-refractivity contribution in [3.63, 3.8) is 0 Å². The van der Waals surface area contributed by atoms with Gasteiger partial charge in [0.1, 0.15) is 26.4 Å². The van der Waals surface area contributed by atoms with Crippen LogP contribution in [0, 0.1) is 11.8 Å². The number of esters is 4. The number of thioether (sulfide) groups is 2. The van der Waals surface area contributed by atoms with Gasteiger partial charge in [0.15, 0.2) is 0 Å². The Balaban J connectivity index is 5.64. The molecule has 62 heavy (non-hydrogen) atoms. The smallest absolute Gasteiger partial charge is 0.307 e. The van der Waals surface area contributed by atoms with E-state index >= 15 is 0 Å². The lowest BCUT2D eigenvalue weighted by molar-refractivity contribution is -0.147. The minimum atomic E-state index is -0.279. The number of rotatable bonds is 45. The number of hydrogen-bond donors (Lipinski definition) is 0. The maximum absolute atomic E-state index is 12.4. The van der Waals surface area contributed by atoms with Crippen LogP contribution in [0.2, 0.25) is 0 Å². The standard InChI is InChI=1S/C46H84N2O12S2/c1-8-10-11-12-15-41(21-36-61-37-26-47(22-17-43(49)57-32-28-53-4)23-18-44(50)58-33-29-54-5)39-42(16-13-14-40(3)9-2)62-38-27-48(24-19-45(51)59-34-30-55-6)25-20-46(52)60-35-31-56-7/h9-11,40-42H,2,8,12-39H2,1,3-7H3/b11-10+. The van der Waals surface area contributed by atoms with E-state index in [9.17, 15) is 19.2 Å². The SMILES string of the molecule is C=CC(C)CCCC(CC(CC/C=C/CC)CCSCCN(CCC(=O)OCCOC)CCC(=O)OCCOC)SCCN(CCC(=O)OCCOC)CCC(=O)OCCOC. The van der Waals surface area contributed by atoms with E-state index in [0.29, 0.717) is 69.7 Å². The lowest BCUT2D eigenvalue weighted by Crippen LogP contribution is -2.32. The summed E-state index contributed by atoms with van der Waals surface area (Å²) in [5.41, 5.74) is 0. The molecule has 0 amide bonds. The molecule has 14 nitrogen and oxygen atoms in total. The zero-order chi connectivity index (χ0) is 45.9. The Morgan fingerprint density at radius 2 is 1.02 bits per heavy atom. The van der Waals surface area contributed by atoms with Crippen molar-refractivity contribution in [1.29, 1.82) is 0 Å². The van der Waals surface area contributed by atoms with Gasteiger partial charge in [-0.2, -0.15) is 23.5 Å². The highest BCUT2D eigenvalue weighted by atomic mass is 32.2. The zero-order valence-electron chi connectivity index (χ0n) is 39.3. The molecule has 0 fully saturated rings. The van der Waals surface area contributed by atoms with Gasteiger partial charge in [0, 0.05) is 84.5 Å². The van der Waals surface area contributed by atoms with Crippen molar-refractivity contribution in [3.05, 3.63) is 24.8 Å². The van der Waals surface area contributed by atoms with E-state index in [2.05, 4.69) is 42.4 Å². The van der Waals surface area contributed by atoms with Gasteiger partial charge in [-0.15, -0.1) is 6.58 Å². The summed E-state index contributed by atoms with van der Waals surface area (Å²) >= 11 is 3.92. The van der Waals surface area contributed by atoms with Crippen LogP contribution in [0.15, 0.2) is 24.8 Å². The van der Waals surface area contributed by atoms with E-state index in [1.165, 1.54) is 0 Å². The second-order valence-electron chi connectivity index (χ2n) is 15.1. The molecule has 0 heterocycles. The third kappa shape index (κ3) is 38.3. The highest BCUT2D eigenvalue weighted by Gasteiger charge is 2.20. The van der Waals surface area contributed by atoms with Crippen molar-refractivity contribution >= 4 is 47.4 Å². The second-order valence-corrected chi connectivity index (χ2v) is 17.8. The van der Waals surface area contributed by atoms with Gasteiger partial charge in [0.05, 0.1) is 52.1 Å². The molecule has 0 N–H and O–H groups in total. The number of methoxy groups -OCH3 is 4. The minimum absolute atomic E-state index is 0.220. The molecule has 0 radical (unpaired) electrons. The molecule has 0 saturated heterocycles.